The normalized spacial score (nSPS) is 21.8. The Bertz CT molecular complexity index is 311. The van der Waals surface area contributed by atoms with Crippen molar-refractivity contribution < 1.29 is 8.78 Å². The minimum atomic E-state index is -2.54. The molecule has 2 rings (SSSR count). The maximum absolute atomic E-state index is 12.3. The number of hydrogen-bond donors (Lipinski definition) is 1. The van der Waals surface area contributed by atoms with E-state index in [2.05, 4.69) is 15.3 Å². The van der Waals surface area contributed by atoms with Gasteiger partial charge in [0.15, 0.2) is 0 Å². The van der Waals surface area contributed by atoms with Crippen LogP contribution in [0.1, 0.15) is 36.7 Å². The summed E-state index contributed by atoms with van der Waals surface area (Å²) in [4.78, 5) is 7.65. The number of aromatic nitrogens is 2. The van der Waals surface area contributed by atoms with E-state index in [1.807, 2.05) is 0 Å². The van der Waals surface area contributed by atoms with Gasteiger partial charge in [-0.1, -0.05) is 0 Å². The summed E-state index contributed by atoms with van der Waals surface area (Å²) < 4.78 is 24.6. The van der Waals surface area contributed by atoms with Gasteiger partial charge in [-0.3, -0.25) is 4.98 Å². The lowest BCUT2D eigenvalue weighted by molar-refractivity contribution is 0.145. The van der Waals surface area contributed by atoms with Crippen molar-refractivity contribution >= 4 is 0 Å². The lowest BCUT2D eigenvalue weighted by Gasteiger charge is -2.09. The molecule has 1 aromatic heterocycles. The van der Waals surface area contributed by atoms with Gasteiger partial charge < -0.3 is 5.32 Å². The number of nitrogens with zero attached hydrogens (tertiary/aromatic N) is 2. The lowest BCUT2D eigenvalue weighted by Crippen LogP contribution is -2.15. The van der Waals surface area contributed by atoms with Gasteiger partial charge in [-0.2, -0.15) is 0 Å². The molecule has 3 nitrogen and oxygen atoms in total. The van der Waals surface area contributed by atoms with Crippen LogP contribution in [0.15, 0.2) is 12.4 Å². The maximum Gasteiger partial charge on any atom is 0.281 e. The monoisotopic (exact) mass is 199 g/mol. The highest BCUT2D eigenvalue weighted by Crippen LogP contribution is 2.22. The molecule has 0 bridgehead atoms. The summed E-state index contributed by atoms with van der Waals surface area (Å²) in [6.45, 7) is 0.922. The molecule has 0 aromatic carbocycles. The van der Waals surface area contributed by atoms with Crippen LogP contribution >= 0.6 is 0 Å². The second kappa shape index (κ2) is 3.96. The Morgan fingerprint density at radius 1 is 1.43 bits per heavy atom. The molecule has 1 aliphatic rings. The molecule has 0 amide bonds. The fourth-order valence-electron chi connectivity index (χ4n) is 1.61. The highest BCUT2D eigenvalue weighted by molar-refractivity contribution is 5.09. The van der Waals surface area contributed by atoms with Gasteiger partial charge in [0.2, 0.25) is 0 Å². The van der Waals surface area contributed by atoms with Crippen LogP contribution in [0.4, 0.5) is 8.78 Å². The number of nitrogens with one attached hydrogen (secondary N) is 1. The summed E-state index contributed by atoms with van der Waals surface area (Å²) >= 11 is 0. The van der Waals surface area contributed by atoms with Crippen LogP contribution in [0.25, 0.3) is 0 Å². The van der Waals surface area contributed by atoms with Crippen LogP contribution in [0, 0.1) is 0 Å². The van der Waals surface area contributed by atoms with Crippen molar-refractivity contribution in [3.05, 3.63) is 23.8 Å². The molecule has 0 radical (unpaired) electrons. The van der Waals surface area contributed by atoms with E-state index >= 15 is 0 Å². The smallest absolute Gasteiger partial charge is 0.281 e. The van der Waals surface area contributed by atoms with E-state index in [-0.39, 0.29) is 11.7 Å². The maximum atomic E-state index is 12.3. The van der Waals surface area contributed by atoms with Crippen molar-refractivity contribution in [1.82, 2.24) is 15.3 Å². The predicted molar refractivity (Wildman–Crippen MR) is 47.0 cm³/mol. The molecule has 2 heterocycles. The molecular formula is C9H11F2N3. The molecule has 1 unspecified atom stereocenters. The first kappa shape index (κ1) is 9.45. The third kappa shape index (κ3) is 1.87. The Balaban J connectivity index is 2.21. The van der Waals surface area contributed by atoms with Gasteiger partial charge in [0.1, 0.15) is 5.69 Å². The Morgan fingerprint density at radius 2 is 2.29 bits per heavy atom. The molecule has 1 atom stereocenters. The average Bonchev–Trinajstić information content (AvgIpc) is 2.71. The summed E-state index contributed by atoms with van der Waals surface area (Å²) in [5, 5.41) is 3.19. The molecule has 0 saturated carbocycles. The van der Waals surface area contributed by atoms with Crippen molar-refractivity contribution in [1.29, 1.82) is 0 Å². The van der Waals surface area contributed by atoms with Crippen LogP contribution in [0.3, 0.4) is 0 Å². The van der Waals surface area contributed by atoms with Crippen molar-refractivity contribution in [2.75, 3.05) is 6.54 Å². The largest absolute Gasteiger partial charge is 0.309 e. The van der Waals surface area contributed by atoms with Gasteiger partial charge in [0.25, 0.3) is 6.43 Å². The average molecular weight is 199 g/mol. The minimum Gasteiger partial charge on any atom is -0.309 e. The topological polar surface area (TPSA) is 37.8 Å². The quantitative estimate of drug-likeness (QED) is 0.789. The second-order valence-corrected chi connectivity index (χ2v) is 3.32. The van der Waals surface area contributed by atoms with Gasteiger partial charge in [0.05, 0.1) is 17.9 Å². The van der Waals surface area contributed by atoms with Gasteiger partial charge in [-0.05, 0) is 19.4 Å². The first-order valence-electron chi connectivity index (χ1n) is 4.61. The minimum absolute atomic E-state index is 0.0983. The molecule has 1 N–H and O–H groups in total. The molecule has 76 valence electrons. The fraction of sp³-hybridized carbons (Fsp3) is 0.556. The molecule has 1 aliphatic heterocycles. The first-order chi connectivity index (χ1) is 6.77. The Morgan fingerprint density at radius 3 is 2.93 bits per heavy atom. The number of hydrogen-bond acceptors (Lipinski definition) is 3. The van der Waals surface area contributed by atoms with Crippen LogP contribution in [-0.2, 0) is 0 Å². The molecule has 1 aromatic rings. The summed E-state index contributed by atoms with van der Waals surface area (Å²) in [6.07, 6.45) is 2.13. The highest BCUT2D eigenvalue weighted by Gasteiger charge is 2.19. The number of rotatable bonds is 2. The van der Waals surface area contributed by atoms with Crippen LogP contribution in [0.2, 0.25) is 0 Å². The zero-order valence-corrected chi connectivity index (χ0v) is 7.58. The zero-order valence-electron chi connectivity index (χ0n) is 7.58. The van der Waals surface area contributed by atoms with E-state index in [9.17, 15) is 8.78 Å². The zero-order chi connectivity index (χ0) is 9.97. The van der Waals surface area contributed by atoms with E-state index in [0.29, 0.717) is 5.69 Å². The molecule has 1 fully saturated rings. The molecule has 0 spiro atoms. The molecule has 5 heteroatoms. The van der Waals surface area contributed by atoms with E-state index in [4.69, 9.17) is 0 Å². The molecular weight excluding hydrogens is 188 g/mol. The van der Waals surface area contributed by atoms with E-state index in [1.54, 1.807) is 6.20 Å². The van der Waals surface area contributed by atoms with Crippen LogP contribution in [0.5, 0.6) is 0 Å². The van der Waals surface area contributed by atoms with Crippen molar-refractivity contribution in [2.45, 2.75) is 25.3 Å². The standard InChI is InChI=1S/C9H11F2N3/c10-9(11)8-5-12-4-7(14-8)6-2-1-3-13-6/h4-6,9,13H,1-3H2. The lowest BCUT2D eigenvalue weighted by atomic mass is 10.2. The molecule has 0 aliphatic carbocycles. The van der Waals surface area contributed by atoms with Gasteiger partial charge in [0, 0.05) is 6.20 Å². The molecule has 14 heavy (non-hydrogen) atoms. The van der Waals surface area contributed by atoms with E-state index in [1.165, 1.54) is 0 Å². The SMILES string of the molecule is FC(F)c1cncc(C2CCCN2)n1. The van der Waals surface area contributed by atoms with Crippen LogP contribution in [-0.4, -0.2) is 16.5 Å². The summed E-state index contributed by atoms with van der Waals surface area (Å²) in [7, 11) is 0. The van der Waals surface area contributed by atoms with Gasteiger partial charge >= 0.3 is 0 Å². The van der Waals surface area contributed by atoms with E-state index in [0.717, 1.165) is 25.6 Å². The van der Waals surface area contributed by atoms with E-state index < -0.39 is 6.43 Å². The summed E-state index contributed by atoms with van der Waals surface area (Å²) in [5.74, 6) is 0. The highest BCUT2D eigenvalue weighted by atomic mass is 19.3. The third-order valence-corrected chi connectivity index (χ3v) is 2.31. The Labute approximate surface area is 80.6 Å². The number of halogens is 2. The Hall–Kier alpha value is -1.10. The fourth-order valence-corrected chi connectivity index (χ4v) is 1.61. The third-order valence-electron chi connectivity index (χ3n) is 2.31. The second-order valence-electron chi connectivity index (χ2n) is 3.32. The van der Waals surface area contributed by atoms with Crippen molar-refractivity contribution in [3.8, 4) is 0 Å². The van der Waals surface area contributed by atoms with Gasteiger partial charge in [-0.25, -0.2) is 13.8 Å². The predicted octanol–water partition coefficient (Wildman–Crippen LogP) is 1.84. The number of alkyl halides is 2. The first-order valence-corrected chi connectivity index (χ1v) is 4.61. The summed E-state index contributed by atoms with van der Waals surface area (Å²) in [6, 6.07) is 0.0983. The molecule has 1 saturated heterocycles. The van der Waals surface area contributed by atoms with Crippen LogP contribution < -0.4 is 5.32 Å². The van der Waals surface area contributed by atoms with Gasteiger partial charge in [-0.15, -0.1) is 0 Å². The Kier molecular flexibility index (Phi) is 2.67. The van der Waals surface area contributed by atoms with Crippen molar-refractivity contribution in [3.63, 3.8) is 0 Å². The van der Waals surface area contributed by atoms with Crippen molar-refractivity contribution in [2.24, 2.45) is 0 Å². The summed E-state index contributed by atoms with van der Waals surface area (Å²) in [5.41, 5.74) is 0.386.